The predicted octanol–water partition coefficient (Wildman–Crippen LogP) is -0.285. The minimum Gasteiger partial charge on any atom is -0.382 e. The van der Waals surface area contributed by atoms with E-state index in [1.54, 1.807) is 19.6 Å². The minimum atomic E-state index is 0.0500. The Morgan fingerprint density at radius 2 is 2.33 bits per heavy atom. The van der Waals surface area contributed by atoms with Gasteiger partial charge in [0.2, 0.25) is 5.96 Å². The van der Waals surface area contributed by atoms with Gasteiger partial charge in [-0.3, -0.25) is 5.43 Å². The predicted molar refractivity (Wildman–Crippen MR) is 70.9 cm³/mol. The number of ether oxygens (including phenoxy) is 1. The molecule has 0 aliphatic rings. The van der Waals surface area contributed by atoms with E-state index in [2.05, 4.69) is 20.7 Å². The molecular weight excluding hydrogens is 232 g/mol. The molecule has 0 aliphatic carbocycles. The molecule has 1 aromatic heterocycles. The van der Waals surface area contributed by atoms with Crippen molar-refractivity contribution in [3.63, 3.8) is 0 Å². The summed E-state index contributed by atoms with van der Waals surface area (Å²) in [6, 6.07) is 0.234. The van der Waals surface area contributed by atoms with Crippen LogP contribution in [0.1, 0.15) is 13.8 Å². The zero-order valence-electron chi connectivity index (χ0n) is 11.1. The lowest BCUT2D eigenvalue weighted by atomic mass is 10.3. The van der Waals surface area contributed by atoms with Gasteiger partial charge in [0, 0.05) is 32.1 Å². The first-order valence-corrected chi connectivity index (χ1v) is 5.91. The van der Waals surface area contributed by atoms with E-state index in [0.717, 1.165) is 6.54 Å². The molecule has 0 saturated heterocycles. The van der Waals surface area contributed by atoms with Gasteiger partial charge in [-0.25, -0.2) is 15.8 Å². The summed E-state index contributed by atoms with van der Waals surface area (Å²) in [6.07, 6.45) is 5.44. The van der Waals surface area contributed by atoms with Gasteiger partial charge in [-0.05, 0) is 13.8 Å². The monoisotopic (exact) mass is 254 g/mol. The Morgan fingerprint density at radius 3 is 2.89 bits per heavy atom. The first-order valence-electron chi connectivity index (χ1n) is 5.91. The molecule has 4 N–H and O–H groups in total. The molecule has 7 heteroatoms. The Kier molecular flexibility index (Phi) is 6.16. The van der Waals surface area contributed by atoms with Crippen molar-refractivity contribution < 1.29 is 4.74 Å². The highest BCUT2D eigenvalue weighted by Gasteiger charge is 2.07. The van der Waals surface area contributed by atoms with Crippen LogP contribution in [-0.2, 0) is 11.3 Å². The van der Waals surface area contributed by atoms with E-state index < -0.39 is 0 Å². The minimum absolute atomic E-state index is 0.0500. The van der Waals surface area contributed by atoms with Gasteiger partial charge in [-0.15, -0.1) is 0 Å². The number of hydrogen-bond donors (Lipinski definition) is 3. The van der Waals surface area contributed by atoms with Gasteiger partial charge in [-0.2, -0.15) is 0 Å². The summed E-state index contributed by atoms with van der Waals surface area (Å²) >= 11 is 0. The molecular formula is C11H22N6O. The lowest BCUT2D eigenvalue weighted by Gasteiger charge is -2.18. The van der Waals surface area contributed by atoms with Crippen LogP contribution in [0.15, 0.2) is 23.7 Å². The molecule has 0 aliphatic heterocycles. The van der Waals surface area contributed by atoms with Gasteiger partial charge >= 0.3 is 0 Å². The fraction of sp³-hybridized carbons (Fsp3) is 0.636. The maximum atomic E-state index is 5.44. The van der Waals surface area contributed by atoms with E-state index >= 15 is 0 Å². The van der Waals surface area contributed by atoms with Crippen molar-refractivity contribution in [3.05, 3.63) is 18.7 Å². The van der Waals surface area contributed by atoms with Gasteiger partial charge in [0.1, 0.15) is 0 Å². The summed E-state index contributed by atoms with van der Waals surface area (Å²) in [5.41, 5.74) is 2.56. The average molecular weight is 254 g/mol. The van der Waals surface area contributed by atoms with Crippen LogP contribution in [0.5, 0.6) is 0 Å². The van der Waals surface area contributed by atoms with E-state index in [-0.39, 0.29) is 12.1 Å². The molecule has 0 radical (unpaired) electrons. The second-order valence-corrected chi connectivity index (χ2v) is 4.23. The molecule has 18 heavy (non-hydrogen) atoms. The van der Waals surface area contributed by atoms with Crippen molar-refractivity contribution >= 4 is 5.96 Å². The zero-order chi connectivity index (χ0) is 13.4. The standard InChI is InChI=1S/C11H22N6O/c1-9(6-17-5-4-13-8-17)14-11(16-12)15-10(2)7-18-3/h4-5,8-10H,6-7,12H2,1-3H3,(H2,14,15,16). The van der Waals surface area contributed by atoms with E-state index in [1.807, 2.05) is 24.6 Å². The summed E-state index contributed by atoms with van der Waals surface area (Å²) in [5, 5.41) is 3.20. The highest BCUT2D eigenvalue weighted by Crippen LogP contribution is 1.93. The van der Waals surface area contributed by atoms with Gasteiger partial charge < -0.3 is 14.6 Å². The molecule has 0 bridgehead atoms. The molecule has 0 fully saturated rings. The zero-order valence-corrected chi connectivity index (χ0v) is 11.1. The topological polar surface area (TPSA) is 89.5 Å². The number of imidazole rings is 1. The quantitative estimate of drug-likeness (QED) is 0.281. The van der Waals surface area contributed by atoms with Gasteiger partial charge in [0.15, 0.2) is 0 Å². The summed E-state index contributed by atoms with van der Waals surface area (Å²) in [7, 11) is 1.65. The van der Waals surface area contributed by atoms with Crippen LogP contribution in [0.3, 0.4) is 0 Å². The van der Waals surface area contributed by atoms with E-state index in [4.69, 9.17) is 10.6 Å². The number of nitrogens with two attached hydrogens (primary N) is 1. The SMILES string of the molecule is COCC(C)N=C(NN)NC(C)Cn1ccnc1. The van der Waals surface area contributed by atoms with E-state index in [1.165, 1.54) is 0 Å². The van der Waals surface area contributed by atoms with Crippen molar-refractivity contribution in [2.45, 2.75) is 32.5 Å². The molecule has 102 valence electrons. The van der Waals surface area contributed by atoms with Crippen molar-refractivity contribution in [2.24, 2.45) is 10.8 Å². The lowest BCUT2D eigenvalue weighted by molar-refractivity contribution is 0.185. The number of aromatic nitrogens is 2. The molecule has 0 saturated carbocycles. The number of rotatable bonds is 6. The van der Waals surface area contributed by atoms with Crippen LogP contribution in [0.4, 0.5) is 0 Å². The third-order valence-corrected chi connectivity index (χ3v) is 2.32. The van der Waals surface area contributed by atoms with Crippen molar-refractivity contribution in [2.75, 3.05) is 13.7 Å². The normalized spacial score (nSPS) is 15.2. The van der Waals surface area contributed by atoms with Crippen LogP contribution in [0.2, 0.25) is 0 Å². The van der Waals surface area contributed by atoms with Gasteiger partial charge in [0.05, 0.1) is 19.0 Å². The highest BCUT2D eigenvalue weighted by molar-refractivity contribution is 5.79. The number of nitrogens with zero attached hydrogens (tertiary/aromatic N) is 3. The van der Waals surface area contributed by atoms with Crippen molar-refractivity contribution in [3.8, 4) is 0 Å². The Morgan fingerprint density at radius 1 is 1.56 bits per heavy atom. The number of hydrogen-bond acceptors (Lipinski definition) is 4. The number of guanidine groups is 1. The Labute approximate surface area is 107 Å². The Bertz CT molecular complexity index is 350. The first-order chi connectivity index (χ1) is 8.65. The fourth-order valence-corrected chi connectivity index (χ4v) is 1.61. The molecule has 0 spiro atoms. The number of methoxy groups -OCH3 is 1. The first kappa shape index (κ1) is 14.5. The molecule has 1 rings (SSSR count). The Balaban J connectivity index is 2.46. The summed E-state index contributed by atoms with van der Waals surface area (Å²) in [6.45, 7) is 5.36. The molecule has 7 nitrogen and oxygen atoms in total. The average Bonchev–Trinajstić information content (AvgIpc) is 2.81. The molecule has 1 heterocycles. The Hall–Kier alpha value is -1.60. The van der Waals surface area contributed by atoms with E-state index in [9.17, 15) is 0 Å². The van der Waals surface area contributed by atoms with Crippen LogP contribution < -0.4 is 16.6 Å². The molecule has 0 amide bonds. The molecule has 0 aromatic carbocycles. The summed E-state index contributed by atoms with van der Waals surface area (Å²) in [5.74, 6) is 6.00. The third-order valence-electron chi connectivity index (χ3n) is 2.32. The van der Waals surface area contributed by atoms with Crippen molar-refractivity contribution in [1.82, 2.24) is 20.3 Å². The third kappa shape index (κ3) is 5.15. The van der Waals surface area contributed by atoms with Crippen LogP contribution >= 0.6 is 0 Å². The number of hydrazine groups is 1. The lowest BCUT2D eigenvalue weighted by Crippen LogP contribution is -2.47. The maximum absolute atomic E-state index is 5.44. The van der Waals surface area contributed by atoms with Crippen LogP contribution in [0.25, 0.3) is 0 Å². The van der Waals surface area contributed by atoms with E-state index in [0.29, 0.717) is 12.6 Å². The van der Waals surface area contributed by atoms with Crippen LogP contribution in [0, 0.1) is 0 Å². The molecule has 2 atom stereocenters. The second kappa shape index (κ2) is 7.67. The fourth-order valence-electron chi connectivity index (χ4n) is 1.61. The molecule has 2 unspecified atom stereocenters. The largest absolute Gasteiger partial charge is 0.382 e. The van der Waals surface area contributed by atoms with Gasteiger partial charge in [0.25, 0.3) is 0 Å². The number of aliphatic imine (C=N–C) groups is 1. The van der Waals surface area contributed by atoms with Crippen molar-refractivity contribution in [1.29, 1.82) is 0 Å². The smallest absolute Gasteiger partial charge is 0.206 e. The second-order valence-electron chi connectivity index (χ2n) is 4.23. The maximum Gasteiger partial charge on any atom is 0.206 e. The summed E-state index contributed by atoms with van der Waals surface area (Å²) in [4.78, 5) is 8.37. The summed E-state index contributed by atoms with van der Waals surface area (Å²) < 4.78 is 7.01. The van der Waals surface area contributed by atoms with Gasteiger partial charge in [-0.1, -0.05) is 0 Å². The highest BCUT2D eigenvalue weighted by atomic mass is 16.5. The molecule has 1 aromatic rings. The van der Waals surface area contributed by atoms with Crippen LogP contribution in [-0.4, -0.2) is 41.3 Å². The number of nitrogens with one attached hydrogen (secondary N) is 2.